The molecule has 0 radical (unpaired) electrons. The van der Waals surface area contributed by atoms with Gasteiger partial charge in [0.1, 0.15) is 11.6 Å². The molecule has 2 heterocycles. The van der Waals surface area contributed by atoms with E-state index in [1.54, 1.807) is 0 Å². The van der Waals surface area contributed by atoms with Gasteiger partial charge in [-0.15, -0.1) is 29.3 Å². The van der Waals surface area contributed by atoms with Crippen molar-refractivity contribution in [2.75, 3.05) is 0 Å². The van der Waals surface area contributed by atoms with Crippen molar-refractivity contribution in [1.82, 2.24) is 14.5 Å². The topological polar surface area (TPSA) is 50.9 Å². The van der Waals surface area contributed by atoms with Crippen LogP contribution in [0.1, 0.15) is 103 Å². The van der Waals surface area contributed by atoms with E-state index < -0.39 is 0 Å². The second-order valence-electron chi connectivity index (χ2n) is 21.5. The molecule has 1 aliphatic rings. The molecule has 0 amide bonds. The van der Waals surface area contributed by atoms with Crippen LogP contribution in [-0.2, 0) is 42.7 Å². The van der Waals surface area contributed by atoms with Gasteiger partial charge in [0.2, 0.25) is 0 Å². The van der Waals surface area contributed by atoms with E-state index >= 15 is 0 Å². The van der Waals surface area contributed by atoms with Crippen LogP contribution in [0.2, 0.25) is 0 Å². The minimum absolute atomic E-state index is 0. The number of rotatable bonds is 8. The van der Waals surface area contributed by atoms with Gasteiger partial charge in [-0.05, 0) is 98.4 Å². The Kier molecular flexibility index (Phi) is 12.1. The summed E-state index contributed by atoms with van der Waals surface area (Å²) in [7, 11) is 0. The fraction of sp³-hybridized carbons (Fsp3) is 0.238. The van der Waals surface area contributed by atoms with Gasteiger partial charge in [-0.1, -0.05) is 195 Å². The van der Waals surface area contributed by atoms with Gasteiger partial charge < -0.3 is 5.11 Å². The van der Waals surface area contributed by atoms with E-state index in [2.05, 4.69) is 231 Å². The van der Waals surface area contributed by atoms with Gasteiger partial charge in [0.05, 0.1) is 22.3 Å². The third-order valence-corrected chi connectivity index (χ3v) is 14.6. The molecule has 0 unspecified atom stereocenters. The first-order valence-electron chi connectivity index (χ1n) is 23.8. The number of nitrogens with zero attached hydrogens (tertiary/aromatic N) is 3. The Morgan fingerprint density at radius 1 is 0.544 bits per heavy atom. The molecule has 9 aromatic rings. The smallest absolute Gasteiger partial charge is 0.148 e. The van der Waals surface area contributed by atoms with Crippen LogP contribution in [0, 0.1) is 6.07 Å². The van der Waals surface area contributed by atoms with E-state index in [0.717, 1.165) is 79.8 Å². The largest absolute Gasteiger partial charge is 0.507 e. The van der Waals surface area contributed by atoms with Gasteiger partial charge in [0.15, 0.2) is 0 Å². The maximum absolute atomic E-state index is 12.2. The first-order valence-corrected chi connectivity index (χ1v) is 23.8. The molecule has 4 nitrogen and oxygen atoms in total. The van der Waals surface area contributed by atoms with E-state index in [1.165, 1.54) is 27.8 Å². The molecule has 0 spiro atoms. The second kappa shape index (κ2) is 17.6. The van der Waals surface area contributed by atoms with Gasteiger partial charge in [-0.2, -0.15) is 0 Å². The van der Waals surface area contributed by atoms with Crippen molar-refractivity contribution < 1.29 is 26.2 Å². The fourth-order valence-electron chi connectivity index (χ4n) is 10.2. The summed E-state index contributed by atoms with van der Waals surface area (Å²) in [4.78, 5) is 10.6. The van der Waals surface area contributed by atoms with Crippen LogP contribution in [0.25, 0.3) is 72.7 Å². The number of hydrogen-bond acceptors (Lipinski definition) is 3. The Morgan fingerprint density at radius 2 is 1.15 bits per heavy atom. The molecule has 0 atom stereocenters. The second-order valence-corrected chi connectivity index (χ2v) is 21.5. The number of para-hydroxylation sites is 2. The summed E-state index contributed by atoms with van der Waals surface area (Å²) in [5.41, 5.74) is 17.4. The molecule has 7 aromatic carbocycles. The number of phenols is 1. The number of hydrogen-bond donors (Lipinski definition) is 1. The molecule has 344 valence electrons. The van der Waals surface area contributed by atoms with Crippen molar-refractivity contribution in [3.05, 3.63) is 204 Å². The predicted molar refractivity (Wildman–Crippen MR) is 279 cm³/mol. The third-order valence-electron chi connectivity index (χ3n) is 14.6. The minimum atomic E-state index is -0.167. The first-order chi connectivity index (χ1) is 32.0. The number of benzene rings is 7. The van der Waals surface area contributed by atoms with Crippen molar-refractivity contribution in [3.63, 3.8) is 0 Å². The van der Waals surface area contributed by atoms with Crippen LogP contribution >= 0.6 is 0 Å². The summed E-state index contributed by atoms with van der Waals surface area (Å²) in [6.45, 7) is 20.6. The number of imidazole rings is 1. The molecule has 10 rings (SSSR count). The maximum Gasteiger partial charge on any atom is 0.148 e. The van der Waals surface area contributed by atoms with Crippen molar-refractivity contribution in [3.8, 4) is 67.5 Å². The predicted octanol–water partition coefficient (Wildman–Crippen LogP) is 16.2. The van der Waals surface area contributed by atoms with Crippen molar-refractivity contribution in [2.24, 2.45) is 0 Å². The van der Waals surface area contributed by atoms with E-state index in [0.29, 0.717) is 5.82 Å². The van der Waals surface area contributed by atoms with Gasteiger partial charge in [0.25, 0.3) is 0 Å². The zero-order valence-electron chi connectivity index (χ0n) is 40.7. The number of fused-ring (bicyclic) bond motifs is 2. The summed E-state index contributed by atoms with van der Waals surface area (Å²) >= 11 is 0. The zero-order chi connectivity index (χ0) is 46.9. The average molecular weight is 1070 g/mol. The number of pyridine rings is 1. The zero-order valence-corrected chi connectivity index (χ0v) is 43.0. The summed E-state index contributed by atoms with van der Waals surface area (Å²) in [6.07, 6.45) is 4.04. The Hall–Kier alpha value is -6.35. The molecular weight excluding hydrogens is 1010 g/mol. The van der Waals surface area contributed by atoms with Crippen LogP contribution < -0.4 is 0 Å². The van der Waals surface area contributed by atoms with Crippen molar-refractivity contribution in [1.29, 1.82) is 0 Å². The Balaban J connectivity index is 0.00000578. The molecular formula is C63H60N3OPt-. The first kappa shape index (κ1) is 46.7. The molecule has 0 fully saturated rings. The van der Waals surface area contributed by atoms with Crippen LogP contribution in [0.15, 0.2) is 170 Å². The van der Waals surface area contributed by atoms with Crippen LogP contribution in [-0.4, -0.2) is 19.6 Å². The molecule has 0 aliphatic heterocycles. The quantitative estimate of drug-likeness (QED) is 0.154. The molecule has 5 heteroatoms. The fourth-order valence-corrected chi connectivity index (χ4v) is 10.2. The summed E-state index contributed by atoms with van der Waals surface area (Å²) in [5.74, 6) is 0.939. The molecule has 2 aromatic heterocycles. The molecule has 0 saturated heterocycles. The van der Waals surface area contributed by atoms with Crippen LogP contribution in [0.4, 0.5) is 0 Å². The van der Waals surface area contributed by atoms with E-state index in [1.807, 2.05) is 12.3 Å². The maximum atomic E-state index is 12.2. The molecule has 1 aliphatic carbocycles. The van der Waals surface area contributed by atoms with Crippen molar-refractivity contribution in [2.45, 2.75) is 96.8 Å². The molecule has 0 saturated carbocycles. The number of aromatic hydroxyl groups is 1. The Morgan fingerprint density at radius 3 is 1.84 bits per heavy atom. The molecule has 0 bridgehead atoms. The van der Waals surface area contributed by atoms with E-state index in [4.69, 9.17) is 9.97 Å². The number of phenolic OH excluding ortho intramolecular Hbond substituents is 1. The summed E-state index contributed by atoms with van der Waals surface area (Å²) < 4.78 is 2.26. The van der Waals surface area contributed by atoms with Gasteiger partial charge in [-0.3, -0.25) is 9.55 Å². The monoisotopic (exact) mass is 1070 g/mol. The number of aromatic nitrogens is 3. The molecule has 68 heavy (non-hydrogen) atoms. The Bertz CT molecular complexity index is 3300. The molecule has 1 N–H and O–H groups in total. The van der Waals surface area contributed by atoms with Crippen LogP contribution in [0.5, 0.6) is 5.75 Å². The third kappa shape index (κ3) is 8.47. The van der Waals surface area contributed by atoms with E-state index in [-0.39, 0.29) is 48.5 Å². The SMILES string of the molecule is CC(C)(C)c1cc(-c2cc(-c3ccc(C(C)(C)c4ccccc4)cc3)ccn2)[c-]c(-c2cccc3c2nc(-c2cc4c(cc2O)C(C)(C)CCC4(C)C)n3-c2ccccc2-c2ccccc2)c1.[Pt]. The van der Waals surface area contributed by atoms with Gasteiger partial charge in [-0.25, -0.2) is 4.98 Å². The summed E-state index contributed by atoms with van der Waals surface area (Å²) in [5, 5.41) is 12.2. The normalized spacial score (nSPS) is 14.3. The average Bonchev–Trinajstić information content (AvgIpc) is 3.72. The summed E-state index contributed by atoms with van der Waals surface area (Å²) in [6, 6.07) is 62.1. The van der Waals surface area contributed by atoms with Gasteiger partial charge >= 0.3 is 0 Å². The van der Waals surface area contributed by atoms with Crippen LogP contribution in [0.3, 0.4) is 0 Å². The van der Waals surface area contributed by atoms with E-state index in [9.17, 15) is 5.11 Å². The van der Waals surface area contributed by atoms with Crippen molar-refractivity contribution >= 4 is 11.0 Å². The minimum Gasteiger partial charge on any atom is -0.507 e. The standard InChI is InChI=1S/C63H60N3O.Pt/c1-60(2,3)48-36-44(35-45(37-48)54-38-43(31-34-64-54)41-27-29-47(30-28-41)63(8,9)46-21-14-11-15-22-46)50-24-18-26-56-58(50)65-59(66(56)55-25-17-16-23-49(55)42-19-12-10-13-20-42)51-39-52-53(40-57(51)67)62(6,7)33-32-61(52,4)5;/h10-31,34,36-40,67H,32-33H2,1-9H3;/q-1;. The Labute approximate surface area is 417 Å². The van der Waals surface area contributed by atoms with Gasteiger partial charge in [0, 0.05) is 43.9 Å².